The minimum absolute atomic E-state index is 0.0892. The van der Waals surface area contributed by atoms with E-state index in [1.807, 2.05) is 6.07 Å². The summed E-state index contributed by atoms with van der Waals surface area (Å²) in [7, 11) is -3.47. The number of rotatable bonds is 4. The average Bonchev–Trinajstić information content (AvgIpc) is 2.34. The Kier molecular flexibility index (Phi) is 4.44. The van der Waals surface area contributed by atoms with Gasteiger partial charge >= 0.3 is 0 Å². The van der Waals surface area contributed by atoms with Gasteiger partial charge in [-0.25, -0.2) is 13.4 Å². The van der Waals surface area contributed by atoms with E-state index in [2.05, 4.69) is 25.6 Å². The lowest BCUT2D eigenvalue weighted by Gasteiger charge is -2.08. The van der Waals surface area contributed by atoms with Gasteiger partial charge in [0.15, 0.2) is 0 Å². The van der Waals surface area contributed by atoms with Crippen molar-refractivity contribution in [2.45, 2.75) is 5.75 Å². The minimum atomic E-state index is -3.47. The quantitative estimate of drug-likeness (QED) is 0.849. The molecule has 0 fully saturated rings. The molecule has 1 N–H and O–H groups in total. The van der Waals surface area contributed by atoms with Crippen LogP contribution in [0.25, 0.3) is 0 Å². The van der Waals surface area contributed by atoms with Crippen molar-refractivity contribution in [2.24, 2.45) is 0 Å². The smallest absolute Gasteiger partial charge is 0.236 e. The number of pyridine rings is 1. The van der Waals surface area contributed by atoms with E-state index in [1.54, 1.807) is 30.3 Å². The molecule has 7 heteroatoms. The van der Waals surface area contributed by atoms with Gasteiger partial charge in [0, 0.05) is 0 Å². The Morgan fingerprint density at radius 1 is 1.26 bits per heavy atom. The Bertz CT molecular complexity index is 677. The first-order valence-electron chi connectivity index (χ1n) is 5.32. The molecule has 0 aliphatic carbocycles. The van der Waals surface area contributed by atoms with Gasteiger partial charge in [-0.3, -0.25) is 4.72 Å². The highest BCUT2D eigenvalue weighted by Gasteiger charge is 2.12. The summed E-state index contributed by atoms with van der Waals surface area (Å²) in [6.07, 6.45) is 1.37. The number of anilines is 1. The zero-order valence-corrected chi connectivity index (χ0v) is 12.8. The third-order valence-electron chi connectivity index (χ3n) is 2.27. The molecule has 2 rings (SSSR count). The molecule has 0 amide bonds. The fraction of sp³-hybridized carbons (Fsp3) is 0.0833. The zero-order chi connectivity index (χ0) is 13.9. The second kappa shape index (κ2) is 5.90. The SMILES string of the molecule is O=S(=O)(Cc1ccccc1)Nc1cnc(Cl)c(Br)c1. The molecule has 0 radical (unpaired) electrons. The largest absolute Gasteiger partial charge is 0.282 e. The first kappa shape index (κ1) is 14.3. The lowest BCUT2D eigenvalue weighted by Crippen LogP contribution is -2.15. The molecule has 0 saturated carbocycles. The van der Waals surface area contributed by atoms with Crippen LogP contribution in [0.15, 0.2) is 47.1 Å². The van der Waals surface area contributed by atoms with E-state index in [4.69, 9.17) is 11.6 Å². The molecule has 0 aliphatic rings. The highest BCUT2D eigenvalue weighted by atomic mass is 79.9. The van der Waals surface area contributed by atoms with Crippen molar-refractivity contribution in [2.75, 3.05) is 4.72 Å². The van der Waals surface area contributed by atoms with Crippen LogP contribution in [0.4, 0.5) is 5.69 Å². The molecule has 0 bridgehead atoms. The highest BCUT2D eigenvalue weighted by molar-refractivity contribution is 9.10. The molecule has 0 spiro atoms. The Morgan fingerprint density at radius 3 is 2.58 bits per heavy atom. The molecule has 4 nitrogen and oxygen atoms in total. The Labute approximate surface area is 125 Å². The summed E-state index contributed by atoms with van der Waals surface area (Å²) in [6.45, 7) is 0. The molecule has 0 atom stereocenters. The van der Waals surface area contributed by atoms with Crippen LogP contribution in [-0.2, 0) is 15.8 Å². The van der Waals surface area contributed by atoms with Gasteiger partial charge in [0.25, 0.3) is 0 Å². The molecular formula is C12H10BrClN2O2S. The number of hydrogen-bond donors (Lipinski definition) is 1. The van der Waals surface area contributed by atoms with Gasteiger partial charge in [-0.2, -0.15) is 0 Å². The van der Waals surface area contributed by atoms with Gasteiger partial charge < -0.3 is 0 Å². The maximum atomic E-state index is 12.0. The predicted octanol–water partition coefficient (Wildman–Crippen LogP) is 3.44. The number of halogens is 2. The monoisotopic (exact) mass is 360 g/mol. The number of hydrogen-bond acceptors (Lipinski definition) is 3. The van der Waals surface area contributed by atoms with Gasteiger partial charge in [-0.15, -0.1) is 0 Å². The lowest BCUT2D eigenvalue weighted by atomic mass is 10.2. The van der Waals surface area contributed by atoms with Crippen LogP contribution in [0.5, 0.6) is 0 Å². The van der Waals surface area contributed by atoms with Crippen LogP contribution in [0.2, 0.25) is 5.15 Å². The predicted molar refractivity (Wildman–Crippen MR) is 79.6 cm³/mol. The Morgan fingerprint density at radius 2 is 1.95 bits per heavy atom. The van der Waals surface area contributed by atoms with Crippen molar-refractivity contribution in [3.05, 3.63) is 57.8 Å². The standard InChI is InChI=1S/C12H10BrClN2O2S/c13-11-6-10(7-15-12(11)14)16-19(17,18)8-9-4-2-1-3-5-9/h1-7,16H,8H2. The van der Waals surface area contributed by atoms with Crippen molar-refractivity contribution in [3.8, 4) is 0 Å². The molecule has 0 saturated heterocycles. The van der Waals surface area contributed by atoms with E-state index in [0.717, 1.165) is 5.56 Å². The van der Waals surface area contributed by atoms with E-state index in [0.29, 0.717) is 10.2 Å². The van der Waals surface area contributed by atoms with E-state index in [1.165, 1.54) is 6.20 Å². The molecule has 2 aromatic rings. The molecule has 1 aromatic carbocycles. The van der Waals surface area contributed by atoms with E-state index in [9.17, 15) is 8.42 Å². The molecule has 0 aliphatic heterocycles. The molecule has 1 heterocycles. The van der Waals surface area contributed by atoms with Crippen molar-refractivity contribution in [3.63, 3.8) is 0 Å². The number of nitrogens with one attached hydrogen (secondary N) is 1. The van der Waals surface area contributed by atoms with Crippen LogP contribution in [0.3, 0.4) is 0 Å². The summed E-state index contributed by atoms with van der Waals surface area (Å²) in [5.41, 5.74) is 1.09. The summed E-state index contributed by atoms with van der Waals surface area (Å²) >= 11 is 8.94. The van der Waals surface area contributed by atoms with Crippen LogP contribution < -0.4 is 4.72 Å². The zero-order valence-electron chi connectivity index (χ0n) is 9.68. The summed E-state index contributed by atoms with van der Waals surface area (Å²) in [5.74, 6) is -0.0892. The van der Waals surface area contributed by atoms with Gasteiger partial charge in [0.2, 0.25) is 10.0 Å². The fourth-order valence-corrected chi connectivity index (χ4v) is 3.11. The Hall–Kier alpha value is -1.11. The van der Waals surface area contributed by atoms with Crippen LogP contribution in [0, 0.1) is 0 Å². The first-order valence-corrected chi connectivity index (χ1v) is 8.14. The molecule has 100 valence electrons. The minimum Gasteiger partial charge on any atom is -0.282 e. The summed E-state index contributed by atoms with van der Waals surface area (Å²) in [5, 5.41) is 0.283. The van der Waals surface area contributed by atoms with Crippen LogP contribution >= 0.6 is 27.5 Å². The molecular weight excluding hydrogens is 352 g/mol. The average molecular weight is 362 g/mol. The van der Waals surface area contributed by atoms with Crippen molar-refractivity contribution < 1.29 is 8.42 Å². The molecule has 19 heavy (non-hydrogen) atoms. The third kappa shape index (κ3) is 4.19. The normalized spacial score (nSPS) is 11.3. The number of aromatic nitrogens is 1. The van der Waals surface area contributed by atoms with E-state index < -0.39 is 10.0 Å². The molecule has 0 unspecified atom stereocenters. The van der Waals surface area contributed by atoms with Crippen molar-refractivity contribution >= 4 is 43.2 Å². The van der Waals surface area contributed by atoms with Crippen molar-refractivity contribution in [1.82, 2.24) is 4.98 Å². The topological polar surface area (TPSA) is 59.1 Å². The fourth-order valence-electron chi connectivity index (χ4n) is 1.49. The van der Waals surface area contributed by atoms with E-state index in [-0.39, 0.29) is 10.9 Å². The first-order chi connectivity index (χ1) is 8.96. The number of sulfonamides is 1. The van der Waals surface area contributed by atoms with Gasteiger partial charge in [0.05, 0.1) is 22.1 Å². The maximum Gasteiger partial charge on any atom is 0.236 e. The van der Waals surface area contributed by atoms with Crippen LogP contribution in [0.1, 0.15) is 5.56 Å². The number of nitrogens with zero attached hydrogens (tertiary/aromatic N) is 1. The molecule has 1 aromatic heterocycles. The van der Waals surface area contributed by atoms with Gasteiger partial charge in [-0.05, 0) is 27.6 Å². The number of benzene rings is 1. The summed E-state index contributed by atoms with van der Waals surface area (Å²) in [4.78, 5) is 3.86. The van der Waals surface area contributed by atoms with Crippen molar-refractivity contribution in [1.29, 1.82) is 0 Å². The highest BCUT2D eigenvalue weighted by Crippen LogP contribution is 2.23. The van der Waals surface area contributed by atoms with Gasteiger partial charge in [0.1, 0.15) is 5.15 Å². The lowest BCUT2D eigenvalue weighted by molar-refractivity contribution is 0.600. The summed E-state index contributed by atoms with van der Waals surface area (Å²) in [6, 6.07) is 10.5. The maximum absolute atomic E-state index is 12.0. The van der Waals surface area contributed by atoms with Crippen LogP contribution in [-0.4, -0.2) is 13.4 Å². The Balaban J connectivity index is 2.15. The summed E-state index contributed by atoms with van der Waals surface area (Å²) < 4.78 is 26.9. The third-order valence-corrected chi connectivity index (χ3v) is 4.66. The second-order valence-electron chi connectivity index (χ2n) is 3.84. The van der Waals surface area contributed by atoms with E-state index >= 15 is 0 Å². The second-order valence-corrected chi connectivity index (χ2v) is 6.78. The van der Waals surface area contributed by atoms with Gasteiger partial charge in [-0.1, -0.05) is 41.9 Å².